The molecular weight excluding hydrogens is 538 g/mol. The summed E-state index contributed by atoms with van der Waals surface area (Å²) in [5.41, 5.74) is 0.753. The minimum absolute atomic E-state index is 0.0274. The molecule has 0 aliphatic carbocycles. The molecule has 13 heteroatoms. The van der Waals surface area contributed by atoms with Gasteiger partial charge >= 0.3 is 0 Å². The van der Waals surface area contributed by atoms with Gasteiger partial charge in [-0.1, -0.05) is 45.0 Å². The van der Waals surface area contributed by atoms with E-state index in [1.807, 2.05) is 20.8 Å². The maximum Gasteiger partial charge on any atom is 0.264 e. The zero-order valence-electron chi connectivity index (χ0n) is 22.1. The molecule has 208 valence electrons. The molecule has 2 heterocycles. The fourth-order valence-electron chi connectivity index (χ4n) is 3.46. The second-order valence-corrected chi connectivity index (χ2v) is 11.1. The van der Waals surface area contributed by atoms with Gasteiger partial charge in [0.25, 0.3) is 15.9 Å². The van der Waals surface area contributed by atoms with E-state index in [1.54, 1.807) is 42.5 Å². The maximum atomic E-state index is 13.5. The third-order valence-corrected chi connectivity index (χ3v) is 6.82. The SMILES string of the molecule is COc1ccccc1Oc1c(NS(=O)(=O)c2ccc(C(C)(C)C)cc2)nc(-c2ncccn2)nc1OCC(=O)[O-]. The number of aliphatic carboxylic acids is 1. The van der Waals surface area contributed by atoms with E-state index in [0.717, 1.165) is 5.56 Å². The number of aromatic nitrogens is 4. The van der Waals surface area contributed by atoms with Gasteiger partial charge in [-0.2, -0.15) is 4.98 Å². The highest BCUT2D eigenvalue weighted by molar-refractivity contribution is 7.92. The van der Waals surface area contributed by atoms with Gasteiger partial charge in [-0.15, -0.1) is 0 Å². The van der Waals surface area contributed by atoms with Crippen molar-refractivity contribution in [3.63, 3.8) is 0 Å². The third-order valence-electron chi connectivity index (χ3n) is 5.47. The second-order valence-electron chi connectivity index (χ2n) is 9.40. The van der Waals surface area contributed by atoms with Crippen LogP contribution in [0, 0.1) is 0 Å². The highest BCUT2D eigenvalue weighted by atomic mass is 32.2. The molecule has 2 aromatic heterocycles. The number of nitrogens with one attached hydrogen (secondary N) is 1. The summed E-state index contributed by atoms with van der Waals surface area (Å²) in [5.74, 6) is -2.27. The van der Waals surface area contributed by atoms with Crippen molar-refractivity contribution in [1.82, 2.24) is 19.9 Å². The molecule has 0 aliphatic rings. The number of benzene rings is 2. The predicted octanol–water partition coefficient (Wildman–Crippen LogP) is 2.96. The Hall–Kier alpha value is -4.78. The van der Waals surface area contributed by atoms with Crippen LogP contribution in [0.25, 0.3) is 11.6 Å². The van der Waals surface area contributed by atoms with Crippen LogP contribution in [-0.4, -0.2) is 48.0 Å². The number of ether oxygens (including phenoxy) is 3. The van der Waals surface area contributed by atoms with Crippen LogP contribution in [0.3, 0.4) is 0 Å². The average Bonchev–Trinajstić information content (AvgIpc) is 2.93. The second kappa shape index (κ2) is 11.5. The Balaban J connectivity index is 1.87. The Kier molecular flexibility index (Phi) is 8.14. The zero-order chi connectivity index (χ0) is 28.9. The van der Waals surface area contributed by atoms with Crippen molar-refractivity contribution in [1.29, 1.82) is 0 Å². The number of carbonyl (C=O) groups excluding carboxylic acids is 1. The number of hydrogen-bond donors (Lipinski definition) is 1. The summed E-state index contributed by atoms with van der Waals surface area (Å²) in [6, 6.07) is 14.5. The standard InChI is InChI=1S/C27H27N5O7S/c1-27(2,3)17-10-12-18(13-11-17)40(35,36)32-23-22(39-20-9-6-5-8-19(20)37-4)26(38-16-21(33)34)31-25(30-23)24-28-14-7-15-29-24/h5-15H,16H2,1-4H3,(H,33,34)(H,30,31,32)/p-1. The zero-order valence-corrected chi connectivity index (χ0v) is 22.9. The summed E-state index contributed by atoms with van der Waals surface area (Å²) in [5, 5.41) is 11.2. The van der Waals surface area contributed by atoms with Crippen LogP contribution in [0.4, 0.5) is 5.82 Å². The number of carboxylic acids is 1. The molecule has 0 spiro atoms. The third kappa shape index (κ3) is 6.61. The molecule has 0 fully saturated rings. The largest absolute Gasteiger partial charge is 0.546 e. The number of para-hydroxylation sites is 2. The quantitative estimate of drug-likeness (QED) is 0.301. The number of sulfonamides is 1. The number of nitrogens with zero attached hydrogens (tertiary/aromatic N) is 4. The summed E-state index contributed by atoms with van der Waals surface area (Å²) in [6.45, 7) is 5.13. The molecule has 40 heavy (non-hydrogen) atoms. The lowest BCUT2D eigenvalue weighted by Crippen LogP contribution is -2.29. The van der Waals surface area contributed by atoms with Gasteiger partial charge in [0.1, 0.15) is 6.61 Å². The first-order chi connectivity index (χ1) is 19.0. The lowest BCUT2D eigenvalue weighted by molar-refractivity contribution is -0.307. The van der Waals surface area contributed by atoms with Crippen LogP contribution in [0.2, 0.25) is 0 Å². The number of hydrogen-bond acceptors (Lipinski definition) is 11. The number of methoxy groups -OCH3 is 1. The minimum atomic E-state index is -4.23. The normalized spacial score (nSPS) is 11.5. The van der Waals surface area contributed by atoms with Crippen LogP contribution in [-0.2, 0) is 20.2 Å². The van der Waals surface area contributed by atoms with Crippen molar-refractivity contribution in [2.45, 2.75) is 31.1 Å². The minimum Gasteiger partial charge on any atom is -0.546 e. The summed E-state index contributed by atoms with van der Waals surface area (Å²) in [6.07, 6.45) is 2.88. The van der Waals surface area contributed by atoms with Crippen LogP contribution >= 0.6 is 0 Å². The van der Waals surface area contributed by atoms with Gasteiger partial charge in [0.05, 0.1) is 18.0 Å². The fourth-order valence-corrected chi connectivity index (χ4v) is 4.47. The number of rotatable bonds is 10. The van der Waals surface area contributed by atoms with Crippen molar-refractivity contribution < 1.29 is 32.5 Å². The van der Waals surface area contributed by atoms with E-state index < -0.39 is 28.5 Å². The highest BCUT2D eigenvalue weighted by Gasteiger charge is 2.26. The van der Waals surface area contributed by atoms with Crippen molar-refractivity contribution >= 4 is 21.8 Å². The van der Waals surface area contributed by atoms with Gasteiger partial charge in [-0.25, -0.2) is 23.4 Å². The Morgan fingerprint density at radius 3 is 2.17 bits per heavy atom. The van der Waals surface area contributed by atoms with Crippen LogP contribution in [0.1, 0.15) is 26.3 Å². The molecule has 1 N–H and O–H groups in total. The molecule has 4 aromatic rings. The van der Waals surface area contributed by atoms with Gasteiger partial charge < -0.3 is 24.1 Å². The molecular formula is C27H26N5O7S-. The fraction of sp³-hybridized carbons (Fsp3) is 0.222. The Morgan fingerprint density at radius 1 is 0.925 bits per heavy atom. The van der Waals surface area contributed by atoms with Crippen molar-refractivity contribution in [2.75, 3.05) is 18.4 Å². The molecule has 12 nitrogen and oxygen atoms in total. The number of anilines is 1. The van der Waals surface area contributed by atoms with E-state index in [-0.39, 0.29) is 39.3 Å². The van der Waals surface area contributed by atoms with Gasteiger partial charge in [-0.05, 0) is 41.3 Å². The van der Waals surface area contributed by atoms with E-state index in [9.17, 15) is 18.3 Å². The van der Waals surface area contributed by atoms with Crippen LogP contribution in [0.15, 0.2) is 71.9 Å². The lowest BCUT2D eigenvalue weighted by atomic mass is 9.87. The summed E-state index contributed by atoms with van der Waals surface area (Å²) >= 11 is 0. The molecule has 0 unspecified atom stereocenters. The van der Waals surface area contributed by atoms with Crippen molar-refractivity contribution in [3.8, 4) is 34.8 Å². The van der Waals surface area contributed by atoms with Gasteiger partial charge in [0.15, 0.2) is 23.1 Å². The average molecular weight is 565 g/mol. The molecule has 0 aliphatic heterocycles. The summed E-state index contributed by atoms with van der Waals surface area (Å²) < 4.78 is 46.0. The molecule has 0 saturated heterocycles. The van der Waals surface area contributed by atoms with Gasteiger partial charge in [0.2, 0.25) is 11.6 Å². The molecule has 2 aromatic carbocycles. The van der Waals surface area contributed by atoms with Crippen LogP contribution < -0.4 is 24.0 Å². The monoisotopic (exact) mass is 564 g/mol. The maximum absolute atomic E-state index is 13.5. The van der Waals surface area contributed by atoms with Gasteiger partial charge in [0, 0.05) is 12.4 Å². The summed E-state index contributed by atoms with van der Waals surface area (Å²) in [4.78, 5) is 27.9. The Labute approximate surface area is 231 Å². The molecule has 0 atom stereocenters. The molecule has 0 bridgehead atoms. The van der Waals surface area contributed by atoms with E-state index in [1.165, 1.54) is 31.6 Å². The molecule has 0 saturated carbocycles. The highest BCUT2D eigenvalue weighted by Crippen LogP contribution is 2.41. The first-order valence-corrected chi connectivity index (χ1v) is 13.4. The lowest BCUT2D eigenvalue weighted by Gasteiger charge is -2.20. The van der Waals surface area contributed by atoms with Crippen molar-refractivity contribution in [2.24, 2.45) is 0 Å². The van der Waals surface area contributed by atoms with E-state index in [0.29, 0.717) is 5.75 Å². The molecule has 0 amide bonds. The Morgan fingerprint density at radius 2 is 1.57 bits per heavy atom. The molecule has 0 radical (unpaired) electrons. The molecule has 4 rings (SSSR count). The summed E-state index contributed by atoms with van der Waals surface area (Å²) in [7, 11) is -2.81. The number of carboxylic acid groups (broad SMARTS) is 1. The van der Waals surface area contributed by atoms with E-state index >= 15 is 0 Å². The van der Waals surface area contributed by atoms with E-state index in [4.69, 9.17) is 14.2 Å². The first-order valence-electron chi connectivity index (χ1n) is 11.9. The smallest absolute Gasteiger partial charge is 0.264 e. The van der Waals surface area contributed by atoms with Gasteiger partial charge in [-0.3, -0.25) is 4.72 Å². The topological polar surface area (TPSA) is 166 Å². The number of carbonyl (C=O) groups is 1. The van der Waals surface area contributed by atoms with E-state index in [2.05, 4.69) is 24.7 Å². The van der Waals surface area contributed by atoms with Crippen LogP contribution in [0.5, 0.6) is 23.1 Å². The van der Waals surface area contributed by atoms with Crippen molar-refractivity contribution in [3.05, 3.63) is 72.6 Å². The first kappa shape index (κ1) is 28.2. The Bertz CT molecular complexity index is 1610. The predicted molar refractivity (Wildman–Crippen MR) is 143 cm³/mol.